The predicted molar refractivity (Wildman–Crippen MR) is 105 cm³/mol. The van der Waals surface area contributed by atoms with E-state index >= 15 is 0 Å². The second-order valence-electron chi connectivity index (χ2n) is 6.92. The first kappa shape index (κ1) is 16.3. The highest BCUT2D eigenvalue weighted by molar-refractivity contribution is 6.23. The van der Waals surface area contributed by atoms with Crippen LogP contribution in [0, 0.1) is 0 Å². The van der Waals surface area contributed by atoms with E-state index in [0.717, 1.165) is 24.8 Å². The molecule has 3 N–H and O–H groups in total. The lowest BCUT2D eigenvalue weighted by Gasteiger charge is -2.20. The zero-order valence-corrected chi connectivity index (χ0v) is 14.8. The van der Waals surface area contributed by atoms with Crippen LogP contribution in [-0.4, -0.2) is 16.4 Å². The third kappa shape index (κ3) is 2.33. The van der Waals surface area contributed by atoms with Crippen LogP contribution >= 0.6 is 0 Å². The summed E-state index contributed by atoms with van der Waals surface area (Å²) in [5.41, 5.74) is 9.78. The van der Waals surface area contributed by atoms with E-state index in [-0.39, 0.29) is 16.9 Å². The minimum absolute atomic E-state index is 0.0231. The average molecular weight is 372 g/mol. The molecule has 1 aromatic heterocycles. The summed E-state index contributed by atoms with van der Waals surface area (Å²) in [7, 11) is 0. The minimum atomic E-state index is -0.598. The number of nitrogen functional groups attached to an aromatic ring is 1. The van der Waals surface area contributed by atoms with Crippen molar-refractivity contribution in [3.8, 4) is 5.69 Å². The van der Waals surface area contributed by atoms with Crippen LogP contribution in [0.15, 0.2) is 59.4 Å². The van der Waals surface area contributed by atoms with Gasteiger partial charge >= 0.3 is 0 Å². The molecule has 0 saturated heterocycles. The summed E-state index contributed by atoms with van der Waals surface area (Å²) in [5, 5.41) is 2.18. The molecule has 0 radical (unpaired) electrons. The first-order chi connectivity index (χ1) is 13.5. The number of nitrogens with zero attached hydrogens (tertiary/aromatic N) is 2. The summed E-state index contributed by atoms with van der Waals surface area (Å²) in [6.07, 6.45) is 0. The number of nitrogens with one attached hydrogen (secondary N) is 1. The summed E-state index contributed by atoms with van der Waals surface area (Å²) in [4.78, 5) is 38.7. The number of hydrogen-bond acceptors (Lipinski definition) is 5. The molecule has 0 aliphatic carbocycles. The summed E-state index contributed by atoms with van der Waals surface area (Å²) in [5.74, 6) is -1.22. The Morgan fingerprint density at radius 2 is 1.50 bits per heavy atom. The molecule has 7 nitrogen and oxygen atoms in total. The van der Waals surface area contributed by atoms with Crippen LogP contribution in [0.1, 0.15) is 31.8 Å². The minimum Gasteiger partial charge on any atom is -0.384 e. The molecule has 3 heterocycles. The van der Waals surface area contributed by atoms with E-state index in [1.807, 2.05) is 30.3 Å². The standard InChI is InChI=1S/C21H16N4O3/c22-19-18-16(20(27)23-21(18)28)9-17(26)25(19)15-7-3-6-14(8-15)24-10-12-4-1-2-5-13(12)11-24/h1-9H,10-11,22H2,(H,23,27,28). The number of hydrogen-bond donors (Lipinski definition) is 2. The Morgan fingerprint density at radius 3 is 2.21 bits per heavy atom. The van der Waals surface area contributed by atoms with Crippen molar-refractivity contribution in [3.63, 3.8) is 0 Å². The quantitative estimate of drug-likeness (QED) is 0.669. The van der Waals surface area contributed by atoms with Crippen molar-refractivity contribution in [3.05, 3.63) is 87.2 Å². The van der Waals surface area contributed by atoms with Crippen LogP contribution in [-0.2, 0) is 13.1 Å². The number of aromatic nitrogens is 1. The highest BCUT2D eigenvalue weighted by Crippen LogP contribution is 2.30. The Kier molecular flexibility index (Phi) is 3.39. The monoisotopic (exact) mass is 372 g/mol. The van der Waals surface area contributed by atoms with Crippen molar-refractivity contribution in [2.45, 2.75) is 13.1 Å². The van der Waals surface area contributed by atoms with Crippen molar-refractivity contribution in [2.24, 2.45) is 0 Å². The molecule has 0 spiro atoms. The summed E-state index contributed by atoms with van der Waals surface area (Å²) < 4.78 is 1.27. The molecule has 0 saturated carbocycles. The van der Waals surface area contributed by atoms with Gasteiger partial charge in [-0.2, -0.15) is 0 Å². The maximum atomic E-state index is 12.6. The molecule has 0 atom stereocenters. The van der Waals surface area contributed by atoms with Crippen LogP contribution in [0.5, 0.6) is 0 Å². The van der Waals surface area contributed by atoms with Crippen LogP contribution in [0.3, 0.4) is 0 Å². The van der Waals surface area contributed by atoms with Gasteiger partial charge in [-0.25, -0.2) is 0 Å². The van der Waals surface area contributed by atoms with E-state index in [0.29, 0.717) is 5.69 Å². The molecule has 0 fully saturated rings. The van der Waals surface area contributed by atoms with Crippen LogP contribution in [0.25, 0.3) is 5.69 Å². The molecule has 2 aromatic carbocycles. The average Bonchev–Trinajstić information content (AvgIpc) is 3.23. The number of fused-ring (bicyclic) bond motifs is 2. The number of carbonyl (C=O) groups excluding carboxylic acids is 2. The number of benzene rings is 2. The smallest absolute Gasteiger partial charge is 0.262 e. The van der Waals surface area contributed by atoms with Gasteiger partial charge in [0.15, 0.2) is 0 Å². The van der Waals surface area contributed by atoms with Crippen molar-refractivity contribution in [1.82, 2.24) is 9.88 Å². The van der Waals surface area contributed by atoms with Gasteiger partial charge in [0.25, 0.3) is 17.4 Å². The van der Waals surface area contributed by atoms with Gasteiger partial charge in [-0.15, -0.1) is 0 Å². The molecule has 2 aliphatic rings. The van der Waals surface area contributed by atoms with Gasteiger partial charge in [-0.05, 0) is 29.3 Å². The normalized spacial score (nSPS) is 14.8. The second-order valence-corrected chi connectivity index (χ2v) is 6.92. The Morgan fingerprint density at radius 1 is 0.821 bits per heavy atom. The highest BCUT2D eigenvalue weighted by Gasteiger charge is 2.32. The largest absolute Gasteiger partial charge is 0.384 e. The fourth-order valence-corrected chi connectivity index (χ4v) is 3.89. The molecule has 0 bridgehead atoms. The molecule has 2 aliphatic heterocycles. The van der Waals surface area contributed by atoms with Gasteiger partial charge in [-0.3, -0.25) is 24.3 Å². The summed E-state index contributed by atoms with van der Waals surface area (Å²) >= 11 is 0. The number of amides is 2. The SMILES string of the molecule is Nc1c2c(cc(=O)n1-c1cccc(N3Cc4ccccc4C3)c1)C(=O)NC2=O. The molecule has 138 valence electrons. The molecule has 0 unspecified atom stereocenters. The van der Waals surface area contributed by atoms with Crippen LogP contribution in [0.2, 0.25) is 0 Å². The number of carbonyl (C=O) groups is 2. The zero-order chi connectivity index (χ0) is 19.4. The fraction of sp³-hybridized carbons (Fsp3) is 0.0952. The first-order valence-corrected chi connectivity index (χ1v) is 8.86. The van der Waals surface area contributed by atoms with E-state index in [1.54, 1.807) is 6.07 Å². The van der Waals surface area contributed by atoms with Gasteiger partial charge < -0.3 is 10.6 Å². The van der Waals surface area contributed by atoms with Gasteiger partial charge in [0.05, 0.1) is 16.8 Å². The maximum Gasteiger partial charge on any atom is 0.262 e. The highest BCUT2D eigenvalue weighted by atomic mass is 16.2. The molecular weight excluding hydrogens is 356 g/mol. The van der Waals surface area contributed by atoms with E-state index in [2.05, 4.69) is 22.3 Å². The van der Waals surface area contributed by atoms with Crippen molar-refractivity contribution < 1.29 is 9.59 Å². The molecular formula is C21H16N4O3. The van der Waals surface area contributed by atoms with Crippen molar-refractivity contribution >= 4 is 23.3 Å². The fourth-order valence-electron chi connectivity index (χ4n) is 3.89. The Labute approximate surface area is 160 Å². The van der Waals surface area contributed by atoms with Gasteiger partial charge in [-0.1, -0.05) is 30.3 Å². The summed E-state index contributed by atoms with van der Waals surface area (Å²) in [6, 6.07) is 16.9. The lowest BCUT2D eigenvalue weighted by molar-refractivity contribution is 0.0880. The van der Waals surface area contributed by atoms with E-state index < -0.39 is 17.4 Å². The second kappa shape index (κ2) is 5.82. The first-order valence-electron chi connectivity index (χ1n) is 8.86. The zero-order valence-electron chi connectivity index (χ0n) is 14.8. The third-order valence-electron chi connectivity index (χ3n) is 5.25. The lowest BCUT2D eigenvalue weighted by atomic mass is 10.1. The Hall–Kier alpha value is -3.87. The maximum absolute atomic E-state index is 12.6. The Balaban J connectivity index is 1.59. The summed E-state index contributed by atoms with van der Waals surface area (Å²) in [6.45, 7) is 1.57. The topological polar surface area (TPSA) is 97.4 Å². The van der Waals surface area contributed by atoms with Gasteiger partial charge in [0, 0.05) is 24.8 Å². The van der Waals surface area contributed by atoms with Crippen LogP contribution < -0.4 is 21.5 Å². The van der Waals surface area contributed by atoms with E-state index in [4.69, 9.17) is 5.73 Å². The third-order valence-corrected chi connectivity index (χ3v) is 5.25. The molecule has 3 aromatic rings. The van der Waals surface area contributed by atoms with E-state index in [9.17, 15) is 14.4 Å². The number of pyridine rings is 1. The number of nitrogens with two attached hydrogens (primary N) is 1. The van der Waals surface area contributed by atoms with Gasteiger partial charge in [0.1, 0.15) is 5.82 Å². The van der Waals surface area contributed by atoms with Gasteiger partial charge in [0.2, 0.25) is 0 Å². The van der Waals surface area contributed by atoms with Crippen molar-refractivity contribution in [2.75, 3.05) is 10.6 Å². The predicted octanol–water partition coefficient (Wildman–Crippen LogP) is 1.82. The molecule has 28 heavy (non-hydrogen) atoms. The molecule has 7 heteroatoms. The number of rotatable bonds is 2. The van der Waals surface area contributed by atoms with Crippen molar-refractivity contribution in [1.29, 1.82) is 0 Å². The molecule has 5 rings (SSSR count). The molecule has 2 amide bonds. The Bertz CT molecular complexity index is 1200. The number of anilines is 2. The lowest BCUT2D eigenvalue weighted by Crippen LogP contribution is -2.24. The number of imide groups is 1. The van der Waals surface area contributed by atoms with Crippen LogP contribution in [0.4, 0.5) is 11.5 Å². The van der Waals surface area contributed by atoms with E-state index in [1.165, 1.54) is 15.7 Å².